The minimum absolute atomic E-state index is 0.0109. The number of carbonyl (C=O) groups excluding carboxylic acids is 1. The van der Waals surface area contributed by atoms with E-state index >= 15 is 0 Å². The van der Waals surface area contributed by atoms with Gasteiger partial charge in [-0.15, -0.1) is 23.4 Å². The zero-order valence-corrected chi connectivity index (χ0v) is 18.4. The number of nitrogens with zero attached hydrogens (tertiary/aromatic N) is 2. The number of amides is 1. The van der Waals surface area contributed by atoms with Crippen LogP contribution in [-0.2, 0) is 26.3 Å². The van der Waals surface area contributed by atoms with E-state index in [0.717, 1.165) is 6.07 Å². The number of carbonyl (C=O) groups is 1. The van der Waals surface area contributed by atoms with E-state index in [2.05, 4.69) is 20.3 Å². The molecular weight excluding hydrogens is 486 g/mol. The molecule has 0 spiro atoms. The average molecular weight is 506 g/mol. The van der Waals surface area contributed by atoms with Gasteiger partial charge in [0.15, 0.2) is 6.61 Å². The first-order valence-electron chi connectivity index (χ1n) is 10.6. The second-order valence-corrected chi connectivity index (χ2v) is 9.50. The number of alkyl halides is 3. The number of nitrogens with one attached hydrogen (secondary N) is 1. The summed E-state index contributed by atoms with van der Waals surface area (Å²) in [6, 6.07) is 3.94. The standard InChI is InChI=1S/C21H20ClF4N3O5/c22-14-2-1-11(5-15(14)23)31-6-16(30)27-20-8-19(9-20,10-20)18-29-28-17(33-18)7-32-12-3-13(4-12)34-21(24,25)26/h1-2,5,12-13H,3-4,6-10H2,(H,27,30). The molecule has 2 bridgehead atoms. The first kappa shape index (κ1) is 23.3. The zero-order valence-electron chi connectivity index (χ0n) is 17.7. The van der Waals surface area contributed by atoms with E-state index in [-0.39, 0.29) is 65.7 Å². The second kappa shape index (κ2) is 8.35. The number of hydrogen-bond donors (Lipinski definition) is 1. The summed E-state index contributed by atoms with van der Waals surface area (Å²) in [4.78, 5) is 12.2. The number of rotatable bonds is 9. The lowest BCUT2D eigenvalue weighted by atomic mass is 9.39. The molecule has 1 aromatic carbocycles. The highest BCUT2D eigenvalue weighted by molar-refractivity contribution is 6.30. The summed E-state index contributed by atoms with van der Waals surface area (Å²) in [6.45, 7) is -0.245. The largest absolute Gasteiger partial charge is 0.522 e. The monoisotopic (exact) mass is 505 g/mol. The summed E-state index contributed by atoms with van der Waals surface area (Å²) in [5, 5.41) is 11.0. The van der Waals surface area contributed by atoms with Gasteiger partial charge in [-0.3, -0.25) is 9.53 Å². The predicted octanol–water partition coefficient (Wildman–Crippen LogP) is 3.82. The Kier molecular flexibility index (Phi) is 5.72. The van der Waals surface area contributed by atoms with Crippen molar-refractivity contribution in [3.63, 3.8) is 0 Å². The number of benzene rings is 1. The lowest BCUT2D eigenvalue weighted by Gasteiger charge is -2.68. The van der Waals surface area contributed by atoms with Crippen LogP contribution in [0.15, 0.2) is 22.6 Å². The van der Waals surface area contributed by atoms with Gasteiger partial charge in [0.25, 0.3) is 5.91 Å². The fourth-order valence-electron chi connectivity index (χ4n) is 4.85. The van der Waals surface area contributed by atoms with Crippen LogP contribution in [0.25, 0.3) is 0 Å². The van der Waals surface area contributed by atoms with Crippen LogP contribution in [0.3, 0.4) is 0 Å². The highest BCUT2D eigenvalue weighted by Gasteiger charge is 2.71. The van der Waals surface area contributed by atoms with Gasteiger partial charge in [-0.2, -0.15) is 0 Å². The van der Waals surface area contributed by atoms with E-state index in [0.29, 0.717) is 25.2 Å². The SMILES string of the molecule is O=C(COc1ccc(Cl)c(F)c1)NC12CC(c3nnc(COC4CC(OC(F)(F)F)C4)o3)(C1)C2. The number of aromatic nitrogens is 2. The third-order valence-corrected chi connectivity index (χ3v) is 6.72. The van der Waals surface area contributed by atoms with Crippen molar-refractivity contribution in [3.8, 4) is 5.75 Å². The van der Waals surface area contributed by atoms with Crippen LogP contribution in [0.4, 0.5) is 17.6 Å². The highest BCUT2D eigenvalue weighted by atomic mass is 35.5. The van der Waals surface area contributed by atoms with Crippen molar-refractivity contribution in [2.75, 3.05) is 6.61 Å². The minimum atomic E-state index is -4.64. The molecule has 6 rings (SSSR count). The Hall–Kier alpha value is -2.44. The van der Waals surface area contributed by atoms with E-state index in [1.165, 1.54) is 12.1 Å². The Morgan fingerprint density at radius 2 is 1.94 bits per heavy atom. The molecule has 13 heteroatoms. The van der Waals surface area contributed by atoms with Gasteiger partial charge in [0, 0.05) is 24.4 Å². The zero-order chi connectivity index (χ0) is 24.1. The normalized spacial score (nSPS) is 29.6. The first-order chi connectivity index (χ1) is 16.0. The van der Waals surface area contributed by atoms with Crippen LogP contribution < -0.4 is 10.1 Å². The first-order valence-corrected chi connectivity index (χ1v) is 11.0. The molecule has 8 nitrogen and oxygen atoms in total. The fraction of sp³-hybridized carbons (Fsp3) is 0.571. The Morgan fingerprint density at radius 1 is 1.21 bits per heavy atom. The lowest BCUT2D eigenvalue weighted by Crippen LogP contribution is -2.77. The van der Waals surface area contributed by atoms with Crippen molar-refractivity contribution in [2.24, 2.45) is 0 Å². The number of halogens is 5. The van der Waals surface area contributed by atoms with Crippen molar-refractivity contribution in [3.05, 3.63) is 40.8 Å². The van der Waals surface area contributed by atoms with Gasteiger partial charge in [0.1, 0.15) is 18.2 Å². The van der Waals surface area contributed by atoms with Gasteiger partial charge in [0.05, 0.1) is 22.6 Å². The Bertz CT molecular complexity index is 1070. The van der Waals surface area contributed by atoms with E-state index in [4.69, 9.17) is 25.5 Å². The molecule has 4 saturated carbocycles. The van der Waals surface area contributed by atoms with Gasteiger partial charge in [-0.25, -0.2) is 4.39 Å². The predicted molar refractivity (Wildman–Crippen MR) is 106 cm³/mol. The van der Waals surface area contributed by atoms with Crippen LogP contribution in [-0.4, -0.2) is 46.8 Å². The molecule has 2 aromatic rings. The average Bonchev–Trinajstić information content (AvgIpc) is 3.14. The summed E-state index contributed by atoms with van der Waals surface area (Å²) < 4.78 is 70.3. The maximum Gasteiger partial charge on any atom is 0.522 e. The molecule has 1 heterocycles. The van der Waals surface area contributed by atoms with Crippen LogP contribution >= 0.6 is 11.6 Å². The van der Waals surface area contributed by atoms with Crippen LogP contribution in [0.5, 0.6) is 5.75 Å². The molecule has 1 amide bonds. The van der Waals surface area contributed by atoms with Crippen molar-refractivity contribution < 1.29 is 41.0 Å². The quantitative estimate of drug-likeness (QED) is 0.518. The van der Waals surface area contributed by atoms with E-state index < -0.39 is 18.3 Å². The topological polar surface area (TPSA) is 95.7 Å². The van der Waals surface area contributed by atoms with Gasteiger partial charge in [0.2, 0.25) is 11.8 Å². The Balaban J connectivity index is 1.03. The van der Waals surface area contributed by atoms with Crippen molar-refractivity contribution >= 4 is 17.5 Å². The molecule has 0 unspecified atom stereocenters. The van der Waals surface area contributed by atoms with E-state index in [1.54, 1.807) is 0 Å². The van der Waals surface area contributed by atoms with Gasteiger partial charge >= 0.3 is 6.36 Å². The van der Waals surface area contributed by atoms with Crippen molar-refractivity contribution in [1.29, 1.82) is 0 Å². The van der Waals surface area contributed by atoms with Crippen molar-refractivity contribution in [1.82, 2.24) is 15.5 Å². The summed E-state index contributed by atoms with van der Waals surface area (Å²) >= 11 is 5.62. The molecule has 4 aliphatic rings. The van der Waals surface area contributed by atoms with Gasteiger partial charge in [-0.1, -0.05) is 11.6 Å². The molecule has 0 atom stereocenters. The second-order valence-electron chi connectivity index (χ2n) is 9.09. The number of ether oxygens (including phenoxy) is 3. The molecule has 4 aliphatic carbocycles. The molecular formula is C21H20ClF4N3O5. The molecule has 0 saturated heterocycles. The molecule has 1 N–H and O–H groups in total. The van der Waals surface area contributed by atoms with Gasteiger partial charge < -0.3 is 19.2 Å². The van der Waals surface area contributed by atoms with Crippen molar-refractivity contribution in [2.45, 2.75) is 68.2 Å². The van der Waals surface area contributed by atoms with Crippen LogP contribution in [0.2, 0.25) is 5.02 Å². The number of hydrogen-bond acceptors (Lipinski definition) is 7. The molecule has 4 fully saturated rings. The minimum Gasteiger partial charge on any atom is -0.484 e. The molecule has 1 aromatic heterocycles. The molecule has 0 aliphatic heterocycles. The molecule has 184 valence electrons. The molecule has 0 radical (unpaired) electrons. The smallest absolute Gasteiger partial charge is 0.484 e. The van der Waals surface area contributed by atoms with Gasteiger partial charge in [-0.05, 0) is 31.4 Å². The summed E-state index contributed by atoms with van der Waals surface area (Å²) in [7, 11) is 0. The highest BCUT2D eigenvalue weighted by Crippen LogP contribution is 2.67. The van der Waals surface area contributed by atoms with E-state index in [9.17, 15) is 22.4 Å². The van der Waals surface area contributed by atoms with E-state index in [1.807, 2.05) is 0 Å². The lowest BCUT2D eigenvalue weighted by molar-refractivity contribution is -0.357. The summed E-state index contributed by atoms with van der Waals surface area (Å²) in [6.07, 6.45) is -3.63. The summed E-state index contributed by atoms with van der Waals surface area (Å²) in [5.74, 6) is -0.0326. The molecule has 34 heavy (non-hydrogen) atoms. The van der Waals surface area contributed by atoms with Crippen LogP contribution in [0.1, 0.15) is 43.9 Å². The van der Waals surface area contributed by atoms with Crippen LogP contribution in [0, 0.1) is 5.82 Å². The third kappa shape index (κ3) is 4.71. The Labute approximate surface area is 195 Å². The maximum absolute atomic E-state index is 13.4. The fourth-order valence-corrected chi connectivity index (χ4v) is 4.97. The summed E-state index contributed by atoms with van der Waals surface area (Å²) in [5.41, 5.74) is -0.642. The maximum atomic E-state index is 13.4. The Morgan fingerprint density at radius 3 is 2.62 bits per heavy atom. The third-order valence-electron chi connectivity index (χ3n) is 6.41.